The van der Waals surface area contributed by atoms with Gasteiger partial charge in [0.1, 0.15) is 19.3 Å². The van der Waals surface area contributed by atoms with Crippen LogP contribution in [0, 0.1) is 5.92 Å². The molecule has 0 aliphatic heterocycles. The Balaban J connectivity index is 3.35. The zero-order valence-corrected chi connectivity index (χ0v) is 33.4. The van der Waals surface area contributed by atoms with E-state index in [4.69, 9.17) is 9.47 Å². The summed E-state index contributed by atoms with van der Waals surface area (Å²) in [7, 11) is 0. The van der Waals surface area contributed by atoms with Crippen molar-refractivity contribution >= 4 is 11.9 Å². The van der Waals surface area contributed by atoms with Crippen molar-refractivity contribution in [2.75, 3.05) is 13.2 Å². The van der Waals surface area contributed by atoms with Crippen molar-refractivity contribution in [3.8, 4) is 0 Å². The molecule has 0 aromatic heterocycles. The summed E-state index contributed by atoms with van der Waals surface area (Å²) in [5.41, 5.74) is 0. The molecule has 0 aromatic carbocycles. The summed E-state index contributed by atoms with van der Waals surface area (Å²) < 4.78 is 10.4. The predicted molar refractivity (Wildman–Crippen MR) is 210 cm³/mol. The van der Waals surface area contributed by atoms with Crippen LogP contribution in [0.2, 0.25) is 0 Å². The van der Waals surface area contributed by atoms with E-state index in [0.29, 0.717) is 12.8 Å². The number of aliphatic hydroxyl groups is 1. The van der Waals surface area contributed by atoms with Gasteiger partial charge in [0, 0.05) is 12.8 Å². The van der Waals surface area contributed by atoms with Gasteiger partial charge in [-0.3, -0.25) is 9.59 Å². The highest BCUT2D eigenvalue weighted by Crippen LogP contribution is 2.17. The van der Waals surface area contributed by atoms with E-state index < -0.39 is 6.10 Å². The van der Waals surface area contributed by atoms with Gasteiger partial charge in [0.15, 0.2) is 0 Å². The van der Waals surface area contributed by atoms with Crippen molar-refractivity contribution in [2.24, 2.45) is 5.92 Å². The van der Waals surface area contributed by atoms with Crippen LogP contribution in [0.1, 0.15) is 245 Å². The maximum absolute atomic E-state index is 12.0. The highest BCUT2D eigenvalue weighted by Gasteiger charge is 2.12. The zero-order valence-electron chi connectivity index (χ0n) is 33.4. The molecule has 0 aliphatic rings. The third-order valence-electron chi connectivity index (χ3n) is 10.4. The van der Waals surface area contributed by atoms with E-state index in [1.165, 1.54) is 186 Å². The number of carbonyl (C=O) groups is 2. The van der Waals surface area contributed by atoms with E-state index in [1.54, 1.807) is 0 Å². The van der Waals surface area contributed by atoms with Crippen LogP contribution in [0.25, 0.3) is 0 Å². The van der Waals surface area contributed by atoms with Crippen molar-refractivity contribution in [3.05, 3.63) is 0 Å². The Hall–Kier alpha value is -1.10. The first-order valence-electron chi connectivity index (χ1n) is 22.0. The monoisotopic (exact) mass is 695 g/mol. The predicted octanol–water partition coefficient (Wildman–Crippen LogP) is 13.8. The lowest BCUT2D eigenvalue weighted by Crippen LogP contribution is -2.25. The Morgan fingerprint density at radius 1 is 0.429 bits per heavy atom. The standard InChI is InChI=1S/C44H86O5/c1-4-6-7-8-9-10-11-18-22-25-28-31-34-37-43(46)48-39-42(45)40-49-44(47)38-35-32-29-26-23-20-17-15-13-12-14-16-19-21-24-27-30-33-36-41(3)5-2/h41-42,45H,4-40H2,1-3H3/t41?,42-/m0/s1. The Morgan fingerprint density at radius 2 is 0.694 bits per heavy atom. The van der Waals surface area contributed by atoms with Crippen LogP contribution in [-0.4, -0.2) is 36.4 Å². The first kappa shape index (κ1) is 47.9. The molecule has 0 saturated carbocycles. The minimum absolute atomic E-state index is 0.108. The molecule has 0 fully saturated rings. The normalized spacial score (nSPS) is 12.7. The Bertz CT molecular complexity index is 680. The van der Waals surface area contributed by atoms with E-state index in [0.717, 1.165) is 31.6 Å². The van der Waals surface area contributed by atoms with Crippen molar-refractivity contribution in [1.82, 2.24) is 0 Å². The maximum atomic E-state index is 12.0. The van der Waals surface area contributed by atoms with Crippen LogP contribution in [0.4, 0.5) is 0 Å². The molecule has 49 heavy (non-hydrogen) atoms. The third kappa shape index (κ3) is 39.5. The van der Waals surface area contributed by atoms with Gasteiger partial charge in [0.25, 0.3) is 0 Å². The van der Waals surface area contributed by atoms with Gasteiger partial charge in [-0.25, -0.2) is 0 Å². The van der Waals surface area contributed by atoms with Crippen LogP contribution in [-0.2, 0) is 19.1 Å². The van der Waals surface area contributed by atoms with Crippen molar-refractivity contribution in [2.45, 2.75) is 252 Å². The second-order valence-corrected chi connectivity index (χ2v) is 15.4. The van der Waals surface area contributed by atoms with E-state index in [1.807, 2.05) is 0 Å². The topological polar surface area (TPSA) is 72.8 Å². The molecule has 0 bridgehead atoms. The molecule has 0 radical (unpaired) electrons. The fourth-order valence-corrected chi connectivity index (χ4v) is 6.65. The average molecular weight is 695 g/mol. The molecule has 1 unspecified atom stereocenters. The van der Waals surface area contributed by atoms with Gasteiger partial charge in [-0.15, -0.1) is 0 Å². The van der Waals surface area contributed by atoms with Crippen LogP contribution < -0.4 is 0 Å². The quantitative estimate of drug-likeness (QED) is 0.0510. The largest absolute Gasteiger partial charge is 0.463 e. The molecule has 0 aromatic rings. The average Bonchev–Trinajstić information content (AvgIpc) is 3.10. The number of hydrogen-bond donors (Lipinski definition) is 1. The van der Waals surface area contributed by atoms with Gasteiger partial charge in [0.2, 0.25) is 0 Å². The molecule has 292 valence electrons. The minimum atomic E-state index is -0.955. The van der Waals surface area contributed by atoms with Gasteiger partial charge in [-0.05, 0) is 18.8 Å². The highest BCUT2D eigenvalue weighted by molar-refractivity contribution is 5.69. The molecule has 2 atom stereocenters. The van der Waals surface area contributed by atoms with Gasteiger partial charge in [-0.1, -0.05) is 220 Å². The summed E-state index contributed by atoms with van der Waals surface area (Å²) in [5.74, 6) is 0.367. The number of ether oxygens (including phenoxy) is 2. The molecule has 1 N–H and O–H groups in total. The summed E-state index contributed by atoms with van der Waals surface area (Å²) in [6, 6.07) is 0. The van der Waals surface area contributed by atoms with Crippen molar-refractivity contribution < 1.29 is 24.2 Å². The zero-order chi connectivity index (χ0) is 35.9. The van der Waals surface area contributed by atoms with Crippen LogP contribution in [0.15, 0.2) is 0 Å². The summed E-state index contributed by atoms with van der Waals surface area (Å²) in [6.07, 6.45) is 43.0. The van der Waals surface area contributed by atoms with E-state index in [2.05, 4.69) is 20.8 Å². The lowest BCUT2D eigenvalue weighted by Gasteiger charge is -2.12. The van der Waals surface area contributed by atoms with Crippen molar-refractivity contribution in [1.29, 1.82) is 0 Å². The molecule has 0 spiro atoms. The van der Waals surface area contributed by atoms with E-state index >= 15 is 0 Å². The Labute approximate surface area is 306 Å². The molecule has 0 aliphatic carbocycles. The minimum Gasteiger partial charge on any atom is -0.463 e. The maximum Gasteiger partial charge on any atom is 0.305 e. The fraction of sp³-hybridized carbons (Fsp3) is 0.955. The van der Waals surface area contributed by atoms with Gasteiger partial charge in [0.05, 0.1) is 0 Å². The number of carbonyl (C=O) groups excluding carboxylic acids is 2. The molecule has 0 saturated heterocycles. The lowest BCUT2D eigenvalue weighted by atomic mass is 9.99. The summed E-state index contributed by atoms with van der Waals surface area (Å²) in [6.45, 7) is 6.74. The Morgan fingerprint density at radius 3 is 0.980 bits per heavy atom. The second-order valence-electron chi connectivity index (χ2n) is 15.4. The number of rotatable bonds is 40. The molecular formula is C44H86O5. The van der Waals surface area contributed by atoms with Crippen LogP contribution >= 0.6 is 0 Å². The summed E-state index contributed by atoms with van der Waals surface area (Å²) >= 11 is 0. The van der Waals surface area contributed by atoms with Gasteiger partial charge < -0.3 is 14.6 Å². The molecule has 0 rings (SSSR count). The van der Waals surface area contributed by atoms with Crippen molar-refractivity contribution in [3.63, 3.8) is 0 Å². The molecular weight excluding hydrogens is 608 g/mol. The number of esters is 2. The van der Waals surface area contributed by atoms with Gasteiger partial charge in [-0.2, -0.15) is 0 Å². The Kier molecular flexibility index (Phi) is 38.8. The smallest absolute Gasteiger partial charge is 0.305 e. The van der Waals surface area contributed by atoms with Crippen LogP contribution in [0.5, 0.6) is 0 Å². The number of unbranched alkanes of at least 4 members (excludes halogenated alkanes) is 29. The summed E-state index contributed by atoms with van der Waals surface area (Å²) in [4.78, 5) is 24.0. The SMILES string of the molecule is CCCCCCCCCCCCCCCC(=O)OC[C@H](O)COC(=O)CCCCCCCCCCCCCCCCCCCCC(C)CC. The first-order valence-corrected chi connectivity index (χ1v) is 22.0. The van der Waals surface area contributed by atoms with Crippen LogP contribution in [0.3, 0.4) is 0 Å². The fourth-order valence-electron chi connectivity index (χ4n) is 6.65. The first-order chi connectivity index (χ1) is 24.0. The highest BCUT2D eigenvalue weighted by atomic mass is 16.6. The molecule has 5 heteroatoms. The third-order valence-corrected chi connectivity index (χ3v) is 10.4. The molecule has 0 amide bonds. The lowest BCUT2D eigenvalue weighted by molar-refractivity contribution is -0.152. The second kappa shape index (κ2) is 39.7. The van der Waals surface area contributed by atoms with E-state index in [9.17, 15) is 14.7 Å². The summed E-state index contributed by atoms with van der Waals surface area (Å²) in [5, 5.41) is 10.0. The number of hydrogen-bond acceptors (Lipinski definition) is 5. The number of aliphatic hydroxyl groups excluding tert-OH is 1. The molecule has 0 heterocycles. The van der Waals surface area contributed by atoms with Gasteiger partial charge >= 0.3 is 11.9 Å². The van der Waals surface area contributed by atoms with E-state index in [-0.39, 0.29) is 25.2 Å². The molecule has 5 nitrogen and oxygen atoms in total.